The first-order valence-electron chi connectivity index (χ1n) is 9.72. The van der Waals surface area contributed by atoms with Gasteiger partial charge in [0.2, 0.25) is 5.89 Å². The molecular weight excluding hydrogens is 350 g/mol. The number of carboxylic acid groups (broad SMARTS) is 1. The largest absolute Gasteiger partial charge is 0.483 e. The van der Waals surface area contributed by atoms with E-state index in [0.717, 1.165) is 32.2 Å². The van der Waals surface area contributed by atoms with E-state index in [2.05, 4.69) is 20.4 Å². The summed E-state index contributed by atoms with van der Waals surface area (Å²) in [6.45, 7) is 7.63. The van der Waals surface area contributed by atoms with Crippen molar-refractivity contribution in [3.63, 3.8) is 0 Å². The lowest BCUT2D eigenvalue weighted by Crippen LogP contribution is -2.54. The van der Waals surface area contributed by atoms with Crippen LogP contribution in [0.2, 0.25) is 0 Å². The van der Waals surface area contributed by atoms with Gasteiger partial charge in [0.25, 0.3) is 6.47 Å². The molecule has 1 saturated carbocycles. The molecule has 0 bridgehead atoms. The molecule has 1 aliphatic heterocycles. The van der Waals surface area contributed by atoms with Crippen LogP contribution in [0.25, 0.3) is 0 Å². The fourth-order valence-corrected chi connectivity index (χ4v) is 3.58. The Balaban J connectivity index is 0.000000817. The van der Waals surface area contributed by atoms with Gasteiger partial charge in [0.1, 0.15) is 0 Å². The van der Waals surface area contributed by atoms with E-state index in [4.69, 9.17) is 14.4 Å². The highest BCUT2D eigenvalue weighted by Crippen LogP contribution is 2.23. The number of nitrogens with one attached hydrogen (secondary N) is 1. The van der Waals surface area contributed by atoms with Gasteiger partial charge in [-0.1, -0.05) is 38.3 Å². The zero-order valence-corrected chi connectivity index (χ0v) is 16.3. The lowest BCUT2D eigenvalue weighted by molar-refractivity contribution is -0.122. The van der Waals surface area contributed by atoms with Gasteiger partial charge in [-0.3, -0.25) is 9.69 Å². The molecule has 9 heteroatoms. The number of urea groups is 1. The van der Waals surface area contributed by atoms with Crippen LogP contribution in [0, 0.1) is 0 Å². The zero-order chi connectivity index (χ0) is 19.6. The van der Waals surface area contributed by atoms with E-state index < -0.39 is 0 Å². The molecular formula is C18H31N5O4. The number of rotatable bonds is 4. The zero-order valence-electron chi connectivity index (χ0n) is 16.3. The molecule has 0 aromatic carbocycles. The Morgan fingerprint density at radius 2 is 1.89 bits per heavy atom. The van der Waals surface area contributed by atoms with Crippen LogP contribution in [0.4, 0.5) is 4.79 Å². The summed E-state index contributed by atoms with van der Waals surface area (Å²) < 4.78 is 5.15. The molecule has 152 valence electrons. The predicted octanol–water partition coefficient (Wildman–Crippen LogP) is 2.05. The van der Waals surface area contributed by atoms with Crippen LogP contribution in [0.15, 0.2) is 4.52 Å². The first-order valence-corrected chi connectivity index (χ1v) is 9.72. The van der Waals surface area contributed by atoms with Crippen LogP contribution in [-0.4, -0.2) is 69.8 Å². The van der Waals surface area contributed by atoms with Gasteiger partial charge in [-0.05, 0) is 12.8 Å². The molecule has 1 aromatic heterocycles. The van der Waals surface area contributed by atoms with Gasteiger partial charge < -0.3 is 19.8 Å². The standard InChI is InChI=1S/C17H29N5O2.CH2O2/c1-13(2)16-19-15(20-24-16)12-18-17(23)22-10-8-21(9-11-22)14-6-4-3-5-7-14;2-1-3/h13-14H,3-12H2,1-2H3,(H,18,23);1H,(H,2,3). The highest BCUT2D eigenvalue weighted by atomic mass is 16.5. The fraction of sp³-hybridized carbons (Fsp3) is 0.778. The second-order valence-corrected chi connectivity index (χ2v) is 7.28. The second-order valence-electron chi connectivity index (χ2n) is 7.28. The monoisotopic (exact) mass is 381 g/mol. The molecule has 1 aromatic rings. The summed E-state index contributed by atoms with van der Waals surface area (Å²) in [4.78, 5) is 29.4. The minimum Gasteiger partial charge on any atom is -0.483 e. The molecule has 2 fully saturated rings. The third-order valence-corrected chi connectivity index (χ3v) is 5.07. The molecule has 1 saturated heterocycles. The van der Waals surface area contributed by atoms with Crippen molar-refractivity contribution in [2.24, 2.45) is 0 Å². The maximum atomic E-state index is 12.3. The van der Waals surface area contributed by atoms with Crippen LogP contribution in [0.1, 0.15) is 63.6 Å². The van der Waals surface area contributed by atoms with E-state index in [1.807, 2.05) is 18.7 Å². The van der Waals surface area contributed by atoms with E-state index in [1.165, 1.54) is 32.1 Å². The number of hydrogen-bond donors (Lipinski definition) is 2. The van der Waals surface area contributed by atoms with E-state index >= 15 is 0 Å². The molecule has 1 aliphatic carbocycles. The first kappa shape index (κ1) is 21.1. The van der Waals surface area contributed by atoms with Crippen molar-refractivity contribution in [3.05, 3.63) is 11.7 Å². The Morgan fingerprint density at radius 1 is 1.26 bits per heavy atom. The van der Waals surface area contributed by atoms with Crippen LogP contribution < -0.4 is 5.32 Å². The first-order chi connectivity index (χ1) is 13.0. The topological polar surface area (TPSA) is 112 Å². The summed E-state index contributed by atoms with van der Waals surface area (Å²) in [6.07, 6.45) is 6.74. The number of nitrogens with zero attached hydrogens (tertiary/aromatic N) is 4. The average molecular weight is 381 g/mol. The summed E-state index contributed by atoms with van der Waals surface area (Å²) in [7, 11) is 0. The number of carbonyl (C=O) groups is 2. The van der Waals surface area contributed by atoms with Crippen molar-refractivity contribution in [1.29, 1.82) is 0 Å². The highest BCUT2D eigenvalue weighted by Gasteiger charge is 2.27. The summed E-state index contributed by atoms with van der Waals surface area (Å²) in [5.41, 5.74) is 0. The molecule has 27 heavy (non-hydrogen) atoms. The lowest BCUT2D eigenvalue weighted by atomic mass is 9.94. The molecule has 2 heterocycles. The van der Waals surface area contributed by atoms with E-state index in [1.54, 1.807) is 0 Å². The Labute approximate surface area is 160 Å². The lowest BCUT2D eigenvalue weighted by Gasteiger charge is -2.40. The summed E-state index contributed by atoms with van der Waals surface area (Å²) in [5.74, 6) is 1.35. The van der Waals surface area contributed by atoms with Gasteiger partial charge in [0, 0.05) is 38.1 Å². The van der Waals surface area contributed by atoms with Crippen molar-refractivity contribution in [3.8, 4) is 0 Å². The van der Waals surface area contributed by atoms with Crippen LogP contribution in [-0.2, 0) is 11.3 Å². The van der Waals surface area contributed by atoms with Gasteiger partial charge in [-0.15, -0.1) is 0 Å². The number of hydrogen-bond acceptors (Lipinski definition) is 6. The molecule has 0 unspecified atom stereocenters. The molecule has 3 rings (SSSR count). The molecule has 0 radical (unpaired) electrons. The van der Waals surface area contributed by atoms with E-state index in [-0.39, 0.29) is 18.4 Å². The Bertz CT molecular complexity index is 578. The molecule has 0 spiro atoms. The molecule has 0 atom stereocenters. The smallest absolute Gasteiger partial charge is 0.317 e. The Hall–Kier alpha value is -2.16. The van der Waals surface area contributed by atoms with Crippen LogP contribution in [0.5, 0.6) is 0 Å². The van der Waals surface area contributed by atoms with Crippen LogP contribution in [0.3, 0.4) is 0 Å². The van der Waals surface area contributed by atoms with Gasteiger partial charge in [0.05, 0.1) is 6.54 Å². The third-order valence-electron chi connectivity index (χ3n) is 5.07. The molecule has 9 nitrogen and oxygen atoms in total. The van der Waals surface area contributed by atoms with Crippen LogP contribution >= 0.6 is 0 Å². The normalized spacial score (nSPS) is 18.7. The SMILES string of the molecule is CC(C)c1nc(CNC(=O)N2CCN(C3CCCCC3)CC2)no1.O=CO. The quantitative estimate of drug-likeness (QED) is 0.768. The Morgan fingerprint density at radius 3 is 2.44 bits per heavy atom. The number of amides is 2. The van der Waals surface area contributed by atoms with E-state index in [9.17, 15) is 4.79 Å². The Kier molecular flexibility index (Phi) is 8.50. The number of carbonyl (C=O) groups excluding carboxylic acids is 1. The third kappa shape index (κ3) is 6.50. The minimum absolute atomic E-state index is 0.0332. The number of aromatic nitrogens is 2. The van der Waals surface area contributed by atoms with Crippen molar-refractivity contribution < 1.29 is 19.2 Å². The van der Waals surface area contributed by atoms with Crippen molar-refractivity contribution in [2.75, 3.05) is 26.2 Å². The predicted molar refractivity (Wildman–Crippen MR) is 99.3 cm³/mol. The molecule has 2 aliphatic rings. The van der Waals surface area contributed by atoms with Crippen molar-refractivity contribution >= 4 is 12.5 Å². The van der Waals surface area contributed by atoms with Gasteiger partial charge in [-0.25, -0.2) is 4.79 Å². The molecule has 2 N–H and O–H groups in total. The average Bonchev–Trinajstić information content (AvgIpc) is 3.17. The van der Waals surface area contributed by atoms with Gasteiger partial charge >= 0.3 is 6.03 Å². The van der Waals surface area contributed by atoms with Gasteiger partial charge in [-0.2, -0.15) is 4.98 Å². The summed E-state index contributed by atoms with van der Waals surface area (Å²) >= 11 is 0. The van der Waals surface area contributed by atoms with Crippen molar-refractivity contribution in [1.82, 2.24) is 25.3 Å². The van der Waals surface area contributed by atoms with Crippen molar-refractivity contribution in [2.45, 2.75) is 64.5 Å². The second kappa shape index (κ2) is 10.9. The maximum Gasteiger partial charge on any atom is 0.317 e. The summed E-state index contributed by atoms with van der Waals surface area (Å²) in [6, 6.07) is 0.701. The maximum absolute atomic E-state index is 12.3. The van der Waals surface area contributed by atoms with Gasteiger partial charge in [0.15, 0.2) is 5.82 Å². The number of piperazine rings is 1. The minimum atomic E-state index is -0.250. The molecule has 2 amide bonds. The fourth-order valence-electron chi connectivity index (χ4n) is 3.58. The van der Waals surface area contributed by atoms with E-state index in [0.29, 0.717) is 18.3 Å². The highest BCUT2D eigenvalue weighted by molar-refractivity contribution is 5.74. The summed E-state index contributed by atoms with van der Waals surface area (Å²) in [5, 5.41) is 13.7.